The van der Waals surface area contributed by atoms with Crippen molar-refractivity contribution in [1.82, 2.24) is 10.2 Å². The highest BCUT2D eigenvalue weighted by Crippen LogP contribution is 2.28. The fourth-order valence-electron chi connectivity index (χ4n) is 1.76. The molecule has 1 heterocycles. The second kappa shape index (κ2) is 8.38. The predicted octanol–water partition coefficient (Wildman–Crippen LogP) is 2.55. The molecule has 7 heteroatoms. The van der Waals surface area contributed by atoms with E-state index in [9.17, 15) is 4.79 Å². The van der Waals surface area contributed by atoms with Crippen LogP contribution in [-0.4, -0.2) is 47.4 Å². The maximum Gasteiger partial charge on any atom is 0.356 e. The van der Waals surface area contributed by atoms with Gasteiger partial charge in [-0.05, 0) is 25.7 Å². The molecule has 0 saturated heterocycles. The van der Waals surface area contributed by atoms with Gasteiger partial charge in [-0.1, -0.05) is 15.9 Å². The van der Waals surface area contributed by atoms with Gasteiger partial charge in [0.1, 0.15) is 11.8 Å². The van der Waals surface area contributed by atoms with Crippen molar-refractivity contribution in [2.75, 3.05) is 25.2 Å². The van der Waals surface area contributed by atoms with Gasteiger partial charge < -0.3 is 14.2 Å². The third-order valence-corrected chi connectivity index (χ3v) is 3.87. The third kappa shape index (κ3) is 5.67. The number of H-pyrrole nitrogens is 1. The van der Waals surface area contributed by atoms with Gasteiger partial charge in [0.2, 0.25) is 5.88 Å². The maximum atomic E-state index is 11.5. The third-order valence-electron chi connectivity index (χ3n) is 3.14. The summed E-state index contributed by atoms with van der Waals surface area (Å²) in [5.74, 6) is 0.736. The number of alkyl halides is 1. The van der Waals surface area contributed by atoms with Gasteiger partial charge in [0.25, 0.3) is 0 Å². The quantitative estimate of drug-likeness (QED) is 0.394. The zero-order valence-electron chi connectivity index (χ0n) is 12.1. The standard InChI is InChI=1S/C14H21BrN2O4/c1-2-20-14(18)12-7-13(17-16-12)21-11(8-15)5-6-19-9-10-3-4-10/h7,10-11H,2-6,8-9H2,1H3,(H,16,17). The van der Waals surface area contributed by atoms with Crippen LogP contribution in [0.15, 0.2) is 6.07 Å². The van der Waals surface area contributed by atoms with E-state index in [1.807, 2.05) is 0 Å². The van der Waals surface area contributed by atoms with Crippen molar-refractivity contribution in [2.45, 2.75) is 32.3 Å². The Bertz CT molecular complexity index is 448. The van der Waals surface area contributed by atoms with Gasteiger partial charge in [-0.3, -0.25) is 5.10 Å². The van der Waals surface area contributed by atoms with Crippen LogP contribution >= 0.6 is 15.9 Å². The van der Waals surface area contributed by atoms with Crippen LogP contribution in [0.3, 0.4) is 0 Å². The summed E-state index contributed by atoms with van der Waals surface area (Å²) in [6.45, 7) is 3.61. The number of nitrogens with zero attached hydrogens (tertiary/aromatic N) is 1. The molecule has 2 rings (SSSR count). The van der Waals surface area contributed by atoms with E-state index in [2.05, 4.69) is 26.1 Å². The number of aromatic amines is 1. The van der Waals surface area contributed by atoms with Gasteiger partial charge in [-0.2, -0.15) is 0 Å². The Labute approximate surface area is 132 Å². The second-order valence-corrected chi connectivity index (χ2v) is 5.69. The topological polar surface area (TPSA) is 73.4 Å². The number of hydrogen-bond donors (Lipinski definition) is 1. The normalized spacial score (nSPS) is 15.7. The minimum Gasteiger partial charge on any atom is -0.472 e. The van der Waals surface area contributed by atoms with Crippen LogP contribution in [0.4, 0.5) is 0 Å². The highest BCUT2D eigenvalue weighted by atomic mass is 79.9. The summed E-state index contributed by atoms with van der Waals surface area (Å²) in [4.78, 5) is 11.5. The number of halogens is 1. The molecule has 0 radical (unpaired) electrons. The fraction of sp³-hybridized carbons (Fsp3) is 0.714. The first-order chi connectivity index (χ1) is 10.2. The number of aromatic nitrogens is 2. The Kier molecular flexibility index (Phi) is 6.50. The largest absolute Gasteiger partial charge is 0.472 e. The average Bonchev–Trinajstić information content (AvgIpc) is 3.19. The Morgan fingerprint density at radius 2 is 2.38 bits per heavy atom. The van der Waals surface area contributed by atoms with E-state index in [1.165, 1.54) is 12.8 Å². The summed E-state index contributed by atoms with van der Waals surface area (Å²) in [7, 11) is 0. The molecule has 118 valence electrons. The Morgan fingerprint density at radius 1 is 1.57 bits per heavy atom. The van der Waals surface area contributed by atoms with Gasteiger partial charge in [0.15, 0.2) is 0 Å². The lowest BCUT2D eigenvalue weighted by Gasteiger charge is -2.14. The molecule has 6 nitrogen and oxygen atoms in total. The van der Waals surface area contributed by atoms with E-state index in [1.54, 1.807) is 13.0 Å². The van der Waals surface area contributed by atoms with Crippen molar-refractivity contribution in [2.24, 2.45) is 5.92 Å². The van der Waals surface area contributed by atoms with Crippen molar-refractivity contribution >= 4 is 21.9 Å². The molecule has 0 spiro atoms. The van der Waals surface area contributed by atoms with Crippen LogP contribution < -0.4 is 4.74 Å². The van der Waals surface area contributed by atoms with E-state index >= 15 is 0 Å². The average molecular weight is 361 g/mol. The Morgan fingerprint density at radius 3 is 3.05 bits per heavy atom. The molecule has 1 aliphatic carbocycles. The molecule has 1 fully saturated rings. The molecular formula is C14H21BrN2O4. The smallest absolute Gasteiger partial charge is 0.356 e. The lowest BCUT2D eigenvalue weighted by molar-refractivity contribution is 0.0519. The fourth-order valence-corrected chi connectivity index (χ4v) is 2.22. The minimum absolute atomic E-state index is 0.0393. The molecule has 1 aromatic rings. The predicted molar refractivity (Wildman–Crippen MR) is 80.9 cm³/mol. The van der Waals surface area contributed by atoms with E-state index in [4.69, 9.17) is 14.2 Å². The Hall–Kier alpha value is -1.08. The van der Waals surface area contributed by atoms with Crippen LogP contribution in [-0.2, 0) is 9.47 Å². The number of carbonyl (C=O) groups is 1. The van der Waals surface area contributed by atoms with Crippen molar-refractivity contribution in [3.05, 3.63) is 11.8 Å². The number of nitrogens with one attached hydrogen (secondary N) is 1. The van der Waals surface area contributed by atoms with Crippen LogP contribution in [0, 0.1) is 5.92 Å². The van der Waals surface area contributed by atoms with Gasteiger partial charge in [0, 0.05) is 24.4 Å². The summed E-state index contributed by atoms with van der Waals surface area (Å²) in [5, 5.41) is 7.26. The summed E-state index contributed by atoms with van der Waals surface area (Å²) >= 11 is 3.42. The Balaban J connectivity index is 1.73. The van der Waals surface area contributed by atoms with E-state index in [0.29, 0.717) is 30.1 Å². The lowest BCUT2D eigenvalue weighted by Crippen LogP contribution is -2.21. The summed E-state index contributed by atoms with van der Waals surface area (Å²) in [6.07, 6.45) is 3.33. The first kappa shape index (κ1) is 16.3. The molecular weight excluding hydrogens is 340 g/mol. The van der Waals surface area contributed by atoms with Crippen LogP contribution in [0.5, 0.6) is 5.88 Å². The monoisotopic (exact) mass is 360 g/mol. The number of esters is 1. The first-order valence-electron chi connectivity index (χ1n) is 7.25. The second-order valence-electron chi connectivity index (χ2n) is 5.04. The molecule has 1 aromatic heterocycles. The molecule has 0 bridgehead atoms. The van der Waals surface area contributed by atoms with Crippen molar-refractivity contribution in [1.29, 1.82) is 0 Å². The van der Waals surface area contributed by atoms with Crippen LogP contribution in [0.1, 0.15) is 36.7 Å². The summed E-state index contributed by atoms with van der Waals surface area (Å²) < 4.78 is 16.2. The molecule has 0 amide bonds. The van der Waals surface area contributed by atoms with E-state index < -0.39 is 5.97 Å². The summed E-state index contributed by atoms with van der Waals surface area (Å²) in [5.41, 5.74) is 0.296. The van der Waals surface area contributed by atoms with Gasteiger partial charge >= 0.3 is 5.97 Å². The van der Waals surface area contributed by atoms with Crippen molar-refractivity contribution in [3.8, 4) is 5.88 Å². The van der Waals surface area contributed by atoms with Crippen LogP contribution in [0.25, 0.3) is 0 Å². The highest BCUT2D eigenvalue weighted by molar-refractivity contribution is 9.09. The van der Waals surface area contributed by atoms with Gasteiger partial charge in [-0.15, -0.1) is 5.10 Å². The molecule has 1 unspecified atom stereocenters. The lowest BCUT2D eigenvalue weighted by atomic mass is 10.3. The first-order valence-corrected chi connectivity index (χ1v) is 8.38. The van der Waals surface area contributed by atoms with Crippen molar-refractivity contribution in [3.63, 3.8) is 0 Å². The molecule has 0 aromatic carbocycles. The zero-order chi connectivity index (χ0) is 15.1. The number of ether oxygens (including phenoxy) is 3. The van der Waals surface area contributed by atoms with Gasteiger partial charge in [0.05, 0.1) is 13.2 Å². The molecule has 1 atom stereocenters. The van der Waals surface area contributed by atoms with E-state index in [-0.39, 0.29) is 6.10 Å². The SMILES string of the molecule is CCOC(=O)c1cc(OC(CBr)CCOCC2CC2)n[nH]1. The molecule has 1 N–H and O–H groups in total. The highest BCUT2D eigenvalue weighted by Gasteiger charge is 2.21. The zero-order valence-corrected chi connectivity index (χ0v) is 13.7. The minimum atomic E-state index is -0.428. The summed E-state index contributed by atoms with van der Waals surface area (Å²) in [6, 6.07) is 1.55. The molecule has 1 aliphatic rings. The molecule has 0 aliphatic heterocycles. The number of carbonyl (C=O) groups excluding carboxylic acids is 1. The van der Waals surface area contributed by atoms with Crippen molar-refractivity contribution < 1.29 is 19.0 Å². The number of hydrogen-bond acceptors (Lipinski definition) is 5. The van der Waals surface area contributed by atoms with Gasteiger partial charge in [-0.25, -0.2) is 4.79 Å². The van der Waals surface area contributed by atoms with Crippen LogP contribution in [0.2, 0.25) is 0 Å². The maximum absolute atomic E-state index is 11.5. The molecule has 1 saturated carbocycles. The number of rotatable bonds is 10. The van der Waals surface area contributed by atoms with E-state index in [0.717, 1.165) is 18.9 Å². The molecule has 21 heavy (non-hydrogen) atoms.